The second-order valence-electron chi connectivity index (χ2n) is 5.80. The molecule has 3 rings (SSSR count). The molecule has 4 nitrogen and oxygen atoms in total. The minimum absolute atomic E-state index is 0.0462. The molecule has 1 aromatic carbocycles. The van der Waals surface area contributed by atoms with Crippen molar-refractivity contribution in [2.24, 2.45) is 5.73 Å². The maximum absolute atomic E-state index is 12.7. The third kappa shape index (κ3) is 2.82. The molecule has 0 bridgehead atoms. The Kier molecular flexibility index (Phi) is 4.09. The second-order valence-corrected chi connectivity index (χ2v) is 5.80. The molecule has 114 valence electrons. The van der Waals surface area contributed by atoms with E-state index in [1.54, 1.807) is 0 Å². The van der Waals surface area contributed by atoms with Crippen LogP contribution in [0.4, 0.5) is 0 Å². The topological polar surface area (TPSA) is 63.4 Å². The predicted octanol–water partition coefficient (Wildman–Crippen LogP) is 2.73. The maximum Gasteiger partial charge on any atom is 0.255 e. The monoisotopic (exact) mass is 296 g/mol. The van der Waals surface area contributed by atoms with Crippen LogP contribution >= 0.6 is 0 Å². The highest BCUT2D eigenvalue weighted by Gasteiger charge is 2.36. The Morgan fingerprint density at radius 2 is 2.09 bits per heavy atom. The molecule has 2 N–H and O–H groups in total. The molecule has 0 radical (unpaired) electrons. The Balaban J connectivity index is 1.86. The van der Waals surface area contributed by atoms with Crippen molar-refractivity contribution in [2.45, 2.75) is 31.7 Å². The first kappa shape index (κ1) is 14.6. The van der Waals surface area contributed by atoms with E-state index < -0.39 is 0 Å². The van der Waals surface area contributed by atoms with E-state index in [1.165, 1.54) is 0 Å². The fourth-order valence-electron chi connectivity index (χ4n) is 3.20. The van der Waals surface area contributed by atoms with Crippen LogP contribution in [0.15, 0.2) is 48.1 Å². The van der Waals surface area contributed by atoms with E-state index in [4.69, 9.17) is 5.73 Å². The predicted molar refractivity (Wildman–Crippen MR) is 85.1 cm³/mol. The first-order chi connectivity index (χ1) is 10.7. The smallest absolute Gasteiger partial charge is 0.255 e. The van der Waals surface area contributed by atoms with Gasteiger partial charge in [-0.3, -0.25) is 9.59 Å². The van der Waals surface area contributed by atoms with Gasteiger partial charge in [0, 0.05) is 18.5 Å². The Bertz CT molecular complexity index is 661. The number of nitrogens with two attached hydrogens (primary N) is 1. The summed E-state index contributed by atoms with van der Waals surface area (Å²) in [7, 11) is 0. The fourth-order valence-corrected chi connectivity index (χ4v) is 3.20. The summed E-state index contributed by atoms with van der Waals surface area (Å²) in [6, 6.07) is 7.59. The Morgan fingerprint density at radius 1 is 1.27 bits per heavy atom. The highest BCUT2D eigenvalue weighted by Crippen LogP contribution is 2.37. The zero-order valence-electron chi connectivity index (χ0n) is 12.5. The SMILES string of the molecule is NC(=O)CCC1c2ccccc2C(=O)N1CC1=CCCC=C1. The lowest BCUT2D eigenvalue weighted by Gasteiger charge is -2.26. The molecule has 0 fully saturated rings. The average molecular weight is 296 g/mol. The molecule has 1 unspecified atom stereocenters. The Labute approximate surface area is 130 Å². The molecule has 2 aliphatic rings. The minimum Gasteiger partial charge on any atom is -0.370 e. The maximum atomic E-state index is 12.7. The van der Waals surface area contributed by atoms with Crippen molar-refractivity contribution in [3.8, 4) is 0 Å². The number of benzene rings is 1. The van der Waals surface area contributed by atoms with Gasteiger partial charge in [0.15, 0.2) is 0 Å². The number of carbonyl (C=O) groups excluding carboxylic acids is 2. The highest BCUT2D eigenvalue weighted by atomic mass is 16.2. The van der Waals surface area contributed by atoms with Crippen molar-refractivity contribution in [1.29, 1.82) is 0 Å². The van der Waals surface area contributed by atoms with Gasteiger partial charge < -0.3 is 10.6 Å². The summed E-state index contributed by atoms with van der Waals surface area (Å²) in [5.41, 5.74) is 8.21. The number of hydrogen-bond donors (Lipinski definition) is 1. The third-order valence-electron chi connectivity index (χ3n) is 4.28. The van der Waals surface area contributed by atoms with Crippen molar-refractivity contribution in [1.82, 2.24) is 4.90 Å². The van der Waals surface area contributed by atoms with E-state index in [0.29, 0.717) is 13.0 Å². The average Bonchev–Trinajstić information content (AvgIpc) is 2.79. The summed E-state index contributed by atoms with van der Waals surface area (Å²) in [5.74, 6) is -0.279. The van der Waals surface area contributed by atoms with Crippen molar-refractivity contribution in [3.63, 3.8) is 0 Å². The van der Waals surface area contributed by atoms with Crippen LogP contribution in [-0.4, -0.2) is 23.3 Å². The third-order valence-corrected chi connectivity index (χ3v) is 4.28. The summed E-state index contributed by atoms with van der Waals surface area (Å²) in [6.07, 6.45) is 9.36. The van der Waals surface area contributed by atoms with Crippen LogP contribution in [0.5, 0.6) is 0 Å². The van der Waals surface area contributed by atoms with E-state index in [9.17, 15) is 9.59 Å². The van der Waals surface area contributed by atoms with Gasteiger partial charge >= 0.3 is 0 Å². The largest absolute Gasteiger partial charge is 0.370 e. The van der Waals surface area contributed by atoms with Crippen LogP contribution in [-0.2, 0) is 4.79 Å². The van der Waals surface area contributed by atoms with E-state index in [1.807, 2.05) is 29.2 Å². The van der Waals surface area contributed by atoms with Gasteiger partial charge in [0.05, 0.1) is 6.04 Å². The number of hydrogen-bond acceptors (Lipinski definition) is 2. The molecule has 4 heteroatoms. The summed E-state index contributed by atoms with van der Waals surface area (Å²) in [4.78, 5) is 25.7. The van der Waals surface area contributed by atoms with Gasteiger partial charge in [0.2, 0.25) is 5.91 Å². The molecule has 1 atom stereocenters. The molecule has 0 aromatic heterocycles. The van der Waals surface area contributed by atoms with Gasteiger partial charge in [-0.1, -0.05) is 36.4 Å². The molecule has 1 aromatic rings. The molecular weight excluding hydrogens is 276 g/mol. The number of rotatable bonds is 5. The molecule has 1 aliphatic carbocycles. The lowest BCUT2D eigenvalue weighted by molar-refractivity contribution is -0.118. The molecule has 1 heterocycles. The van der Waals surface area contributed by atoms with E-state index >= 15 is 0 Å². The molecule has 0 spiro atoms. The Hall–Kier alpha value is -2.36. The number of nitrogens with zero attached hydrogens (tertiary/aromatic N) is 1. The summed E-state index contributed by atoms with van der Waals surface area (Å²) >= 11 is 0. The number of amides is 2. The van der Waals surface area contributed by atoms with Crippen LogP contribution < -0.4 is 5.73 Å². The lowest BCUT2D eigenvalue weighted by Crippen LogP contribution is -2.30. The van der Waals surface area contributed by atoms with Crippen molar-refractivity contribution < 1.29 is 9.59 Å². The minimum atomic E-state index is -0.325. The van der Waals surface area contributed by atoms with Crippen LogP contribution in [0.2, 0.25) is 0 Å². The standard InChI is InChI=1S/C18H20N2O2/c19-17(21)11-10-16-14-8-4-5-9-15(14)18(22)20(16)12-13-6-2-1-3-7-13/h2,4-9,16H,1,3,10-12H2,(H2,19,21). The van der Waals surface area contributed by atoms with Gasteiger partial charge in [-0.2, -0.15) is 0 Å². The summed E-state index contributed by atoms with van der Waals surface area (Å²) in [6.45, 7) is 0.591. The first-order valence-electron chi connectivity index (χ1n) is 7.70. The van der Waals surface area contributed by atoms with Crippen LogP contribution in [0.1, 0.15) is 47.6 Å². The van der Waals surface area contributed by atoms with Gasteiger partial charge in [-0.25, -0.2) is 0 Å². The zero-order valence-corrected chi connectivity index (χ0v) is 12.5. The number of fused-ring (bicyclic) bond motifs is 1. The molecular formula is C18H20N2O2. The van der Waals surface area contributed by atoms with Crippen molar-refractivity contribution in [3.05, 3.63) is 59.2 Å². The normalized spacial score (nSPS) is 20.0. The number of carbonyl (C=O) groups is 2. The van der Waals surface area contributed by atoms with Gasteiger partial charge in [-0.15, -0.1) is 0 Å². The summed E-state index contributed by atoms with van der Waals surface area (Å²) < 4.78 is 0. The van der Waals surface area contributed by atoms with Gasteiger partial charge in [-0.05, 0) is 36.5 Å². The quantitative estimate of drug-likeness (QED) is 0.908. The van der Waals surface area contributed by atoms with Crippen LogP contribution in [0, 0.1) is 0 Å². The molecule has 0 saturated carbocycles. The van der Waals surface area contributed by atoms with E-state index in [0.717, 1.165) is 29.5 Å². The molecule has 2 amide bonds. The first-order valence-corrected chi connectivity index (χ1v) is 7.70. The molecule has 0 saturated heterocycles. The number of allylic oxidation sites excluding steroid dienone is 2. The van der Waals surface area contributed by atoms with Gasteiger partial charge in [0.1, 0.15) is 0 Å². The van der Waals surface area contributed by atoms with Crippen LogP contribution in [0.3, 0.4) is 0 Å². The number of primary amides is 1. The second kappa shape index (κ2) is 6.18. The Morgan fingerprint density at radius 3 is 2.82 bits per heavy atom. The molecule has 22 heavy (non-hydrogen) atoms. The highest BCUT2D eigenvalue weighted by molar-refractivity contribution is 5.99. The van der Waals surface area contributed by atoms with E-state index in [2.05, 4.69) is 18.2 Å². The van der Waals surface area contributed by atoms with Gasteiger partial charge in [0.25, 0.3) is 5.91 Å². The van der Waals surface area contributed by atoms with Crippen molar-refractivity contribution in [2.75, 3.05) is 6.54 Å². The van der Waals surface area contributed by atoms with E-state index in [-0.39, 0.29) is 24.3 Å². The fraction of sp³-hybridized carbons (Fsp3) is 0.333. The zero-order chi connectivity index (χ0) is 15.5. The summed E-state index contributed by atoms with van der Waals surface area (Å²) in [5, 5.41) is 0. The lowest BCUT2D eigenvalue weighted by atomic mass is 10.00. The van der Waals surface area contributed by atoms with Crippen molar-refractivity contribution >= 4 is 11.8 Å². The van der Waals surface area contributed by atoms with Crippen LogP contribution in [0.25, 0.3) is 0 Å². The molecule has 1 aliphatic heterocycles.